The van der Waals surface area contributed by atoms with Crippen molar-refractivity contribution in [3.05, 3.63) is 62.8 Å². The van der Waals surface area contributed by atoms with Gasteiger partial charge in [0.15, 0.2) is 5.15 Å². The molecule has 1 amide bonds. The smallest absolute Gasteiger partial charge is 0.336 e. The number of carbonyl (C=O) groups excluding carboxylic acids is 1. The van der Waals surface area contributed by atoms with Crippen molar-refractivity contribution in [1.29, 1.82) is 0 Å². The Labute approximate surface area is 142 Å². The molecule has 6 nitrogen and oxygen atoms in total. The van der Waals surface area contributed by atoms with Gasteiger partial charge in [-0.2, -0.15) is 0 Å². The molecule has 7 heteroatoms. The van der Waals surface area contributed by atoms with Gasteiger partial charge in [-0.05, 0) is 24.1 Å². The van der Waals surface area contributed by atoms with Gasteiger partial charge in [0.1, 0.15) is 11.3 Å². The van der Waals surface area contributed by atoms with Gasteiger partial charge in [0.2, 0.25) is 5.91 Å². The van der Waals surface area contributed by atoms with E-state index in [1.807, 2.05) is 19.1 Å². The van der Waals surface area contributed by atoms with Gasteiger partial charge in [0.25, 0.3) is 0 Å². The van der Waals surface area contributed by atoms with Crippen LogP contribution >= 0.6 is 11.6 Å². The number of aromatic nitrogens is 1. The van der Waals surface area contributed by atoms with Crippen LogP contribution < -0.4 is 10.9 Å². The van der Waals surface area contributed by atoms with Gasteiger partial charge in [-0.15, -0.1) is 0 Å². The molecule has 1 N–H and O–H groups in total. The van der Waals surface area contributed by atoms with E-state index in [4.69, 9.17) is 20.5 Å². The van der Waals surface area contributed by atoms with Gasteiger partial charge < -0.3 is 14.3 Å². The van der Waals surface area contributed by atoms with Crippen LogP contribution in [0.3, 0.4) is 0 Å². The number of rotatable bonds is 5. The molecule has 0 radical (unpaired) electrons. The summed E-state index contributed by atoms with van der Waals surface area (Å²) in [6.45, 7) is 2.17. The maximum absolute atomic E-state index is 12.0. The number of hydrogen-bond donors (Lipinski definition) is 1. The highest BCUT2D eigenvalue weighted by Gasteiger charge is 2.09. The fourth-order valence-electron chi connectivity index (χ4n) is 2.41. The van der Waals surface area contributed by atoms with E-state index < -0.39 is 5.63 Å². The van der Waals surface area contributed by atoms with Gasteiger partial charge in [-0.25, -0.2) is 4.79 Å². The van der Waals surface area contributed by atoms with E-state index in [2.05, 4.69) is 10.5 Å². The number of nitrogens with zero attached hydrogens (tertiary/aromatic N) is 1. The third-order valence-corrected chi connectivity index (χ3v) is 3.77. The normalized spacial score (nSPS) is 10.9. The Bertz CT molecular complexity index is 945. The number of carbonyl (C=O) groups is 1. The van der Waals surface area contributed by atoms with Crippen LogP contribution in [0.25, 0.3) is 11.0 Å². The second-order valence-electron chi connectivity index (χ2n) is 5.48. The summed E-state index contributed by atoms with van der Waals surface area (Å²) in [4.78, 5) is 23.6. The molecule has 124 valence electrons. The number of aryl methyl sites for hydroxylation is 2. The molecule has 3 aromatic rings. The lowest BCUT2D eigenvalue weighted by molar-refractivity contribution is -0.121. The molecule has 2 heterocycles. The molecule has 0 aliphatic rings. The molecular weight excluding hydrogens is 332 g/mol. The second kappa shape index (κ2) is 6.88. The largest absolute Gasteiger partial charge is 0.423 e. The second-order valence-corrected chi connectivity index (χ2v) is 5.87. The molecule has 0 spiro atoms. The predicted molar refractivity (Wildman–Crippen MR) is 88.9 cm³/mol. The topological polar surface area (TPSA) is 85.3 Å². The number of hydrogen-bond acceptors (Lipinski definition) is 5. The Morgan fingerprint density at radius 1 is 1.29 bits per heavy atom. The average Bonchev–Trinajstić information content (AvgIpc) is 2.95. The minimum absolute atomic E-state index is 0.156. The van der Waals surface area contributed by atoms with Crippen molar-refractivity contribution in [3.8, 4) is 0 Å². The zero-order valence-electron chi connectivity index (χ0n) is 13.0. The summed E-state index contributed by atoms with van der Waals surface area (Å²) in [6.07, 6.45) is 0.645. The highest BCUT2D eigenvalue weighted by atomic mass is 35.5. The summed E-state index contributed by atoms with van der Waals surface area (Å²) >= 11 is 5.65. The molecule has 0 bridgehead atoms. The quantitative estimate of drug-likeness (QED) is 0.718. The fraction of sp³-hybridized carbons (Fsp3) is 0.235. The first kappa shape index (κ1) is 16.3. The van der Waals surface area contributed by atoms with E-state index in [1.165, 1.54) is 6.07 Å². The Balaban J connectivity index is 1.66. The summed E-state index contributed by atoms with van der Waals surface area (Å²) in [7, 11) is 0. The number of amides is 1. The monoisotopic (exact) mass is 346 g/mol. The fourth-order valence-corrected chi connectivity index (χ4v) is 2.56. The number of nitrogens with one attached hydrogen (secondary N) is 1. The molecule has 1 aromatic carbocycles. The van der Waals surface area contributed by atoms with Crippen LogP contribution in [0.4, 0.5) is 0 Å². The Kier molecular flexibility index (Phi) is 4.66. The first-order chi connectivity index (χ1) is 11.5. The van der Waals surface area contributed by atoms with Crippen LogP contribution in [0, 0.1) is 6.92 Å². The highest BCUT2D eigenvalue weighted by molar-refractivity contribution is 6.29. The molecule has 0 aliphatic carbocycles. The summed E-state index contributed by atoms with van der Waals surface area (Å²) in [5.74, 6) is 0.396. The number of benzene rings is 1. The Morgan fingerprint density at radius 3 is 2.88 bits per heavy atom. The van der Waals surface area contributed by atoms with Gasteiger partial charge in [0.05, 0.1) is 0 Å². The van der Waals surface area contributed by atoms with Crippen LogP contribution in [0.2, 0.25) is 5.15 Å². The van der Waals surface area contributed by atoms with Crippen LogP contribution in [-0.2, 0) is 17.8 Å². The van der Waals surface area contributed by atoms with E-state index in [0.717, 1.165) is 16.5 Å². The van der Waals surface area contributed by atoms with E-state index in [9.17, 15) is 9.59 Å². The van der Waals surface area contributed by atoms with E-state index in [0.29, 0.717) is 17.8 Å². The molecule has 0 saturated heterocycles. The highest BCUT2D eigenvalue weighted by Crippen LogP contribution is 2.18. The zero-order valence-corrected chi connectivity index (χ0v) is 13.7. The average molecular weight is 347 g/mol. The van der Waals surface area contributed by atoms with Crippen molar-refractivity contribution in [2.24, 2.45) is 0 Å². The molecule has 24 heavy (non-hydrogen) atoms. The molecule has 0 aliphatic heterocycles. The van der Waals surface area contributed by atoms with Gasteiger partial charge >= 0.3 is 5.63 Å². The van der Waals surface area contributed by atoms with Crippen molar-refractivity contribution < 1.29 is 13.7 Å². The van der Waals surface area contributed by atoms with E-state index >= 15 is 0 Å². The molecular formula is C17H15ClN2O4. The molecule has 2 aromatic heterocycles. The lowest BCUT2D eigenvalue weighted by atomic mass is 10.1. The number of halogens is 1. The Hall–Kier alpha value is -2.60. The molecule has 0 unspecified atom stereocenters. The SMILES string of the molecule is Cc1ccc2c(CNC(=O)CCc3cc(Cl)no3)cc(=O)oc2c1. The third kappa shape index (κ3) is 3.83. The van der Waals surface area contributed by atoms with Crippen LogP contribution in [0.15, 0.2) is 44.1 Å². The maximum atomic E-state index is 12.0. The minimum Gasteiger partial charge on any atom is -0.423 e. The summed E-state index contributed by atoms with van der Waals surface area (Å²) in [6, 6.07) is 8.59. The number of fused-ring (bicyclic) bond motifs is 1. The Morgan fingerprint density at radius 2 is 2.12 bits per heavy atom. The lowest BCUT2D eigenvalue weighted by Crippen LogP contribution is -2.23. The summed E-state index contributed by atoms with van der Waals surface area (Å²) in [5.41, 5.74) is 1.80. The third-order valence-electron chi connectivity index (χ3n) is 3.59. The van der Waals surface area contributed by atoms with Crippen LogP contribution in [0.5, 0.6) is 0 Å². The first-order valence-electron chi connectivity index (χ1n) is 7.42. The van der Waals surface area contributed by atoms with E-state index in [1.54, 1.807) is 12.1 Å². The van der Waals surface area contributed by atoms with Crippen LogP contribution in [0.1, 0.15) is 23.3 Å². The van der Waals surface area contributed by atoms with Crippen molar-refractivity contribution in [2.75, 3.05) is 0 Å². The zero-order chi connectivity index (χ0) is 17.1. The molecule has 0 saturated carbocycles. The minimum atomic E-state index is -0.436. The van der Waals surface area contributed by atoms with E-state index in [-0.39, 0.29) is 24.0 Å². The molecule has 3 rings (SSSR count). The summed E-state index contributed by atoms with van der Waals surface area (Å²) < 4.78 is 10.1. The van der Waals surface area contributed by atoms with Crippen molar-refractivity contribution in [2.45, 2.75) is 26.3 Å². The van der Waals surface area contributed by atoms with Gasteiger partial charge in [0, 0.05) is 36.9 Å². The van der Waals surface area contributed by atoms with Crippen molar-refractivity contribution in [1.82, 2.24) is 10.5 Å². The standard InChI is InChI=1S/C17H15ClN2O4/c1-10-2-4-13-11(7-17(22)23-14(13)6-10)9-19-16(21)5-3-12-8-15(18)20-24-12/h2,4,6-8H,3,5,9H2,1H3,(H,19,21). The maximum Gasteiger partial charge on any atom is 0.336 e. The van der Waals surface area contributed by atoms with Crippen LogP contribution in [-0.4, -0.2) is 11.1 Å². The first-order valence-corrected chi connectivity index (χ1v) is 7.80. The van der Waals surface area contributed by atoms with Crippen molar-refractivity contribution >= 4 is 28.5 Å². The van der Waals surface area contributed by atoms with Gasteiger partial charge in [-0.1, -0.05) is 28.9 Å². The predicted octanol–water partition coefficient (Wildman–Crippen LogP) is 2.99. The lowest BCUT2D eigenvalue weighted by Gasteiger charge is -2.07. The summed E-state index contributed by atoms with van der Waals surface area (Å²) in [5, 5.41) is 7.42. The molecule has 0 fully saturated rings. The van der Waals surface area contributed by atoms with Crippen molar-refractivity contribution in [3.63, 3.8) is 0 Å². The van der Waals surface area contributed by atoms with Gasteiger partial charge in [-0.3, -0.25) is 4.79 Å². The molecule has 0 atom stereocenters.